The van der Waals surface area contributed by atoms with Crippen LogP contribution in [0.3, 0.4) is 0 Å². The van der Waals surface area contributed by atoms with Gasteiger partial charge in [0.15, 0.2) is 0 Å². The summed E-state index contributed by atoms with van der Waals surface area (Å²) in [6.07, 6.45) is 2.00. The lowest BCUT2D eigenvalue weighted by atomic mass is 10.2. The molecule has 3 aromatic rings. The fourth-order valence-electron chi connectivity index (χ4n) is 2.16. The zero-order valence-corrected chi connectivity index (χ0v) is 12.4. The molecule has 0 saturated carbocycles. The first-order valence-electron chi connectivity index (χ1n) is 6.40. The molecule has 0 unspecified atom stereocenters. The molecule has 0 atom stereocenters. The molecule has 0 fully saturated rings. The monoisotopic (exact) mass is 301 g/mol. The van der Waals surface area contributed by atoms with Crippen LogP contribution < -0.4 is 10.6 Å². The molecule has 0 spiro atoms. The third kappa shape index (κ3) is 3.35. The number of amides is 2. The summed E-state index contributed by atoms with van der Waals surface area (Å²) in [6.45, 7) is 0. The van der Waals surface area contributed by atoms with Crippen molar-refractivity contribution in [2.24, 2.45) is 7.05 Å². The molecule has 0 aliphatic carbocycles. The van der Waals surface area contributed by atoms with E-state index in [1.54, 1.807) is 0 Å². The predicted octanol–water partition coefficient (Wildman–Crippen LogP) is 4.24. The number of anilines is 2. The third-order valence-electron chi connectivity index (χ3n) is 3.18. The van der Waals surface area contributed by atoms with Gasteiger partial charge in [0.05, 0.1) is 0 Å². The smallest absolute Gasteiger partial charge is 0.323 e. The van der Waals surface area contributed by atoms with Crippen LogP contribution in [0.2, 0.25) is 0 Å². The molecule has 0 aliphatic rings. The summed E-state index contributed by atoms with van der Waals surface area (Å²) >= 11 is 0. The summed E-state index contributed by atoms with van der Waals surface area (Å²) in [5, 5.41) is 6.78. The van der Waals surface area contributed by atoms with E-state index in [2.05, 4.69) is 10.6 Å². The highest BCUT2D eigenvalue weighted by atomic mass is 35.5. The molecule has 0 aliphatic heterocycles. The van der Waals surface area contributed by atoms with Gasteiger partial charge in [-0.1, -0.05) is 24.3 Å². The largest absolute Gasteiger partial charge is 0.350 e. The molecule has 5 heteroatoms. The number of carbonyl (C=O) groups excluding carboxylic acids is 1. The molecule has 1 aromatic heterocycles. The first-order valence-corrected chi connectivity index (χ1v) is 6.40. The minimum absolute atomic E-state index is 0. The van der Waals surface area contributed by atoms with Crippen LogP contribution in [0.5, 0.6) is 0 Å². The van der Waals surface area contributed by atoms with Crippen LogP contribution in [0.1, 0.15) is 0 Å². The van der Waals surface area contributed by atoms with Gasteiger partial charge in [0.2, 0.25) is 0 Å². The van der Waals surface area contributed by atoms with Gasteiger partial charge in [-0.05, 0) is 35.7 Å². The second-order valence-electron chi connectivity index (χ2n) is 4.65. The van der Waals surface area contributed by atoms with Gasteiger partial charge in [-0.15, -0.1) is 12.4 Å². The van der Waals surface area contributed by atoms with Crippen LogP contribution >= 0.6 is 12.4 Å². The van der Waals surface area contributed by atoms with Crippen LogP contribution in [0.15, 0.2) is 60.8 Å². The van der Waals surface area contributed by atoms with Crippen LogP contribution in [-0.4, -0.2) is 10.6 Å². The van der Waals surface area contributed by atoms with Gasteiger partial charge in [0.25, 0.3) is 0 Å². The topological polar surface area (TPSA) is 46.1 Å². The van der Waals surface area contributed by atoms with Gasteiger partial charge in [-0.2, -0.15) is 0 Å². The van der Waals surface area contributed by atoms with Gasteiger partial charge in [-0.25, -0.2) is 4.79 Å². The molecule has 2 N–H and O–H groups in total. The Kier molecular flexibility index (Phi) is 4.50. The van der Waals surface area contributed by atoms with Crippen molar-refractivity contribution >= 4 is 40.7 Å². The highest BCUT2D eigenvalue weighted by molar-refractivity contribution is 6.00. The number of para-hydroxylation sites is 1. The van der Waals surface area contributed by atoms with Crippen molar-refractivity contribution in [3.8, 4) is 0 Å². The SMILES string of the molecule is Cl.Cn1ccc2ccc(NC(=O)Nc3ccccc3)cc21. The molecule has 4 nitrogen and oxygen atoms in total. The Labute approximate surface area is 129 Å². The van der Waals surface area contributed by atoms with Gasteiger partial charge in [0.1, 0.15) is 0 Å². The second-order valence-corrected chi connectivity index (χ2v) is 4.65. The van der Waals surface area contributed by atoms with Gasteiger partial charge in [0, 0.05) is 30.1 Å². The zero-order chi connectivity index (χ0) is 13.9. The predicted molar refractivity (Wildman–Crippen MR) is 89.3 cm³/mol. The number of benzene rings is 2. The maximum absolute atomic E-state index is 11.9. The number of halogens is 1. The Morgan fingerprint density at radius 2 is 1.67 bits per heavy atom. The Bertz CT molecular complexity index is 753. The standard InChI is InChI=1S/C16H15N3O.ClH/c1-19-10-9-12-7-8-14(11-15(12)19)18-16(20)17-13-5-3-2-4-6-13;/h2-11H,1H3,(H2,17,18,20);1H. The number of fused-ring (bicyclic) bond motifs is 1. The van der Waals surface area contributed by atoms with Crippen molar-refractivity contribution in [1.29, 1.82) is 0 Å². The van der Waals surface area contributed by atoms with E-state index in [1.165, 1.54) is 0 Å². The normalized spacial score (nSPS) is 9.95. The summed E-state index contributed by atoms with van der Waals surface area (Å²) in [5.41, 5.74) is 2.63. The van der Waals surface area contributed by atoms with E-state index in [-0.39, 0.29) is 18.4 Å². The molecule has 1 heterocycles. The minimum Gasteiger partial charge on any atom is -0.350 e. The van der Waals surface area contributed by atoms with Crippen molar-refractivity contribution in [3.05, 3.63) is 60.8 Å². The maximum atomic E-state index is 11.9. The van der Waals surface area contributed by atoms with Crippen molar-refractivity contribution in [3.63, 3.8) is 0 Å². The number of hydrogen-bond donors (Lipinski definition) is 2. The molecule has 2 amide bonds. The van der Waals surface area contributed by atoms with E-state index >= 15 is 0 Å². The minimum atomic E-state index is -0.246. The van der Waals surface area contributed by atoms with E-state index in [9.17, 15) is 4.79 Å². The Morgan fingerprint density at radius 1 is 0.952 bits per heavy atom. The number of aryl methyl sites for hydroxylation is 1. The van der Waals surface area contributed by atoms with Crippen molar-refractivity contribution < 1.29 is 4.79 Å². The number of nitrogens with one attached hydrogen (secondary N) is 2. The second kappa shape index (κ2) is 6.33. The number of hydrogen-bond acceptors (Lipinski definition) is 1. The summed E-state index contributed by atoms with van der Waals surface area (Å²) in [7, 11) is 1.98. The lowest BCUT2D eigenvalue weighted by Crippen LogP contribution is -2.19. The van der Waals surface area contributed by atoms with Crippen molar-refractivity contribution in [1.82, 2.24) is 4.57 Å². The Hall–Kier alpha value is -2.46. The maximum Gasteiger partial charge on any atom is 0.323 e. The molecule has 0 saturated heterocycles. The molecule has 108 valence electrons. The molecular weight excluding hydrogens is 286 g/mol. The first kappa shape index (κ1) is 14.9. The molecule has 21 heavy (non-hydrogen) atoms. The first-order chi connectivity index (χ1) is 9.72. The summed E-state index contributed by atoms with van der Waals surface area (Å²) in [4.78, 5) is 11.9. The van der Waals surface area contributed by atoms with Gasteiger partial charge in [-0.3, -0.25) is 0 Å². The number of aromatic nitrogens is 1. The number of nitrogens with zero attached hydrogens (tertiary/aromatic N) is 1. The molecule has 0 radical (unpaired) electrons. The number of rotatable bonds is 2. The molecular formula is C16H16ClN3O. The quantitative estimate of drug-likeness (QED) is 0.730. The number of urea groups is 1. The highest BCUT2D eigenvalue weighted by Gasteiger charge is 2.04. The average molecular weight is 302 g/mol. The van der Waals surface area contributed by atoms with Gasteiger partial charge < -0.3 is 15.2 Å². The lowest BCUT2D eigenvalue weighted by Gasteiger charge is -2.08. The van der Waals surface area contributed by atoms with Crippen LogP contribution in [0.4, 0.5) is 16.2 Å². The Morgan fingerprint density at radius 3 is 2.43 bits per heavy atom. The number of carbonyl (C=O) groups is 1. The van der Waals surface area contributed by atoms with Crippen molar-refractivity contribution in [2.45, 2.75) is 0 Å². The Balaban J connectivity index is 0.00000161. The third-order valence-corrected chi connectivity index (χ3v) is 3.18. The fourth-order valence-corrected chi connectivity index (χ4v) is 2.16. The molecule has 3 rings (SSSR count). The highest BCUT2D eigenvalue weighted by Crippen LogP contribution is 2.19. The fraction of sp³-hybridized carbons (Fsp3) is 0.0625. The van der Waals surface area contributed by atoms with E-state index in [0.717, 1.165) is 22.3 Å². The summed E-state index contributed by atoms with van der Waals surface area (Å²) in [5.74, 6) is 0. The van der Waals surface area contributed by atoms with Crippen LogP contribution in [0, 0.1) is 0 Å². The van der Waals surface area contributed by atoms with Gasteiger partial charge >= 0.3 is 6.03 Å². The van der Waals surface area contributed by atoms with Crippen LogP contribution in [-0.2, 0) is 7.05 Å². The molecule has 0 bridgehead atoms. The average Bonchev–Trinajstić information content (AvgIpc) is 2.81. The lowest BCUT2D eigenvalue weighted by molar-refractivity contribution is 0.262. The van der Waals surface area contributed by atoms with E-state index in [0.29, 0.717) is 0 Å². The summed E-state index contributed by atoms with van der Waals surface area (Å²) in [6, 6.07) is 17.0. The molecule has 2 aromatic carbocycles. The van der Waals surface area contributed by atoms with Crippen LogP contribution in [0.25, 0.3) is 10.9 Å². The zero-order valence-electron chi connectivity index (χ0n) is 11.5. The van der Waals surface area contributed by atoms with E-state index < -0.39 is 0 Å². The van der Waals surface area contributed by atoms with E-state index in [4.69, 9.17) is 0 Å². The van der Waals surface area contributed by atoms with Crippen molar-refractivity contribution in [2.75, 3.05) is 10.6 Å². The summed E-state index contributed by atoms with van der Waals surface area (Å²) < 4.78 is 2.02. The van der Waals surface area contributed by atoms with E-state index in [1.807, 2.05) is 72.4 Å².